The van der Waals surface area contributed by atoms with Gasteiger partial charge in [0.25, 0.3) is 10.0 Å². The highest BCUT2D eigenvalue weighted by molar-refractivity contribution is 7.92. The van der Waals surface area contributed by atoms with Gasteiger partial charge >= 0.3 is 5.97 Å². The number of H-pyrrole nitrogens is 1. The number of carbonyl (C=O) groups excluding carboxylic acids is 1. The summed E-state index contributed by atoms with van der Waals surface area (Å²) in [6.45, 7) is 1.98. The van der Waals surface area contributed by atoms with Crippen molar-refractivity contribution >= 4 is 21.7 Å². The minimum absolute atomic E-state index is 0.164. The van der Waals surface area contributed by atoms with Gasteiger partial charge in [-0.05, 0) is 37.3 Å². The Morgan fingerprint density at radius 2 is 1.88 bits per heavy atom. The molecule has 0 aliphatic heterocycles. The minimum Gasteiger partial charge on any atom is -0.461 e. The van der Waals surface area contributed by atoms with Gasteiger partial charge in [0.05, 0.1) is 17.2 Å². The lowest BCUT2D eigenvalue weighted by Gasteiger charge is -2.09. The molecule has 3 rings (SSSR count). The van der Waals surface area contributed by atoms with E-state index in [1.165, 1.54) is 12.1 Å². The number of nitrogens with one attached hydrogen (secondary N) is 2. The van der Waals surface area contributed by atoms with Gasteiger partial charge in [0.1, 0.15) is 0 Å². The Morgan fingerprint density at radius 3 is 2.62 bits per heavy atom. The van der Waals surface area contributed by atoms with Gasteiger partial charge in [-0.25, -0.2) is 13.2 Å². The van der Waals surface area contributed by atoms with Gasteiger partial charge in [-0.2, -0.15) is 5.10 Å². The summed E-state index contributed by atoms with van der Waals surface area (Å²) in [6, 6.07) is 16.5. The zero-order chi connectivity index (χ0) is 18.6. The van der Waals surface area contributed by atoms with E-state index in [0.717, 1.165) is 0 Å². The predicted octanol–water partition coefficient (Wildman–Crippen LogP) is 3.05. The highest BCUT2D eigenvalue weighted by atomic mass is 32.2. The first kappa shape index (κ1) is 17.7. The number of esters is 1. The van der Waals surface area contributed by atoms with E-state index in [4.69, 9.17) is 4.74 Å². The number of hydrogen-bond donors (Lipinski definition) is 2. The molecule has 7 nitrogen and oxygen atoms in total. The summed E-state index contributed by atoms with van der Waals surface area (Å²) in [5, 5.41) is 6.68. The Labute approximate surface area is 151 Å². The van der Waals surface area contributed by atoms with Crippen molar-refractivity contribution in [1.82, 2.24) is 10.2 Å². The maximum atomic E-state index is 12.4. The van der Waals surface area contributed by atoms with Crippen molar-refractivity contribution in [1.29, 1.82) is 0 Å². The standard InChI is InChI=1S/C18H17N3O4S/c1-2-25-18(22)17-12-16(19-20-17)13-7-6-8-14(11-13)21-26(23,24)15-9-4-3-5-10-15/h3-12,21H,2H2,1H3,(H,19,20). The van der Waals surface area contributed by atoms with E-state index < -0.39 is 16.0 Å². The summed E-state index contributed by atoms with van der Waals surface area (Å²) in [4.78, 5) is 11.9. The molecule has 0 radical (unpaired) electrons. The van der Waals surface area contributed by atoms with Crippen LogP contribution in [0.2, 0.25) is 0 Å². The molecule has 0 aliphatic rings. The Bertz CT molecular complexity index is 1010. The van der Waals surface area contributed by atoms with Crippen LogP contribution in [0.5, 0.6) is 0 Å². The molecule has 0 bridgehead atoms. The van der Waals surface area contributed by atoms with Gasteiger partial charge in [0, 0.05) is 11.3 Å². The Kier molecular flexibility index (Phi) is 5.04. The lowest BCUT2D eigenvalue weighted by molar-refractivity contribution is 0.0519. The lowest BCUT2D eigenvalue weighted by Crippen LogP contribution is -2.12. The van der Waals surface area contributed by atoms with Crippen molar-refractivity contribution in [2.75, 3.05) is 11.3 Å². The number of ether oxygens (including phenoxy) is 1. The van der Waals surface area contributed by atoms with E-state index in [1.807, 2.05) is 0 Å². The molecule has 2 aromatic carbocycles. The smallest absolute Gasteiger partial charge is 0.358 e. The fourth-order valence-corrected chi connectivity index (χ4v) is 3.41. The monoisotopic (exact) mass is 371 g/mol. The topological polar surface area (TPSA) is 101 Å². The van der Waals surface area contributed by atoms with E-state index >= 15 is 0 Å². The van der Waals surface area contributed by atoms with Crippen LogP contribution in [0.25, 0.3) is 11.3 Å². The van der Waals surface area contributed by atoms with Crippen LogP contribution >= 0.6 is 0 Å². The van der Waals surface area contributed by atoms with Crippen LogP contribution in [0.4, 0.5) is 5.69 Å². The number of aromatic amines is 1. The molecule has 0 saturated heterocycles. The number of sulfonamides is 1. The molecule has 0 amide bonds. The van der Waals surface area contributed by atoms with E-state index in [9.17, 15) is 13.2 Å². The zero-order valence-electron chi connectivity index (χ0n) is 14.0. The third kappa shape index (κ3) is 3.92. The summed E-state index contributed by atoms with van der Waals surface area (Å²) in [5.74, 6) is -0.518. The van der Waals surface area contributed by atoms with E-state index in [1.54, 1.807) is 55.5 Å². The van der Waals surface area contributed by atoms with Crippen LogP contribution in [0, 0.1) is 0 Å². The Morgan fingerprint density at radius 1 is 1.12 bits per heavy atom. The van der Waals surface area contributed by atoms with Crippen LogP contribution in [-0.4, -0.2) is 31.2 Å². The van der Waals surface area contributed by atoms with Crippen molar-refractivity contribution in [3.05, 3.63) is 66.4 Å². The number of anilines is 1. The molecule has 0 fully saturated rings. The summed E-state index contributed by atoms with van der Waals surface area (Å²) in [7, 11) is -3.68. The predicted molar refractivity (Wildman–Crippen MR) is 97.2 cm³/mol. The fraction of sp³-hybridized carbons (Fsp3) is 0.111. The number of aromatic nitrogens is 2. The van der Waals surface area contributed by atoms with Crippen molar-refractivity contribution in [2.24, 2.45) is 0 Å². The van der Waals surface area contributed by atoms with Crippen molar-refractivity contribution in [2.45, 2.75) is 11.8 Å². The molecule has 8 heteroatoms. The molecule has 0 atom stereocenters. The maximum Gasteiger partial charge on any atom is 0.358 e. The van der Waals surface area contributed by atoms with Crippen LogP contribution in [-0.2, 0) is 14.8 Å². The number of hydrogen-bond acceptors (Lipinski definition) is 5. The Hall–Kier alpha value is -3.13. The van der Waals surface area contributed by atoms with Crippen LogP contribution < -0.4 is 4.72 Å². The fourth-order valence-electron chi connectivity index (χ4n) is 2.34. The summed E-state index contributed by atoms with van der Waals surface area (Å²) in [5.41, 5.74) is 1.82. The minimum atomic E-state index is -3.68. The van der Waals surface area contributed by atoms with E-state index in [0.29, 0.717) is 16.9 Å². The molecule has 0 saturated carbocycles. The van der Waals surface area contributed by atoms with Crippen LogP contribution in [0.1, 0.15) is 17.4 Å². The second-order valence-electron chi connectivity index (χ2n) is 5.39. The summed E-state index contributed by atoms with van der Waals surface area (Å²) < 4.78 is 32.3. The van der Waals surface area contributed by atoms with Gasteiger partial charge in [-0.15, -0.1) is 0 Å². The second kappa shape index (κ2) is 7.40. The number of rotatable bonds is 6. The van der Waals surface area contributed by atoms with Gasteiger partial charge in [-0.1, -0.05) is 30.3 Å². The molecule has 0 spiro atoms. The first-order valence-electron chi connectivity index (χ1n) is 7.90. The molecule has 1 aromatic heterocycles. The first-order valence-corrected chi connectivity index (χ1v) is 9.39. The third-order valence-corrected chi connectivity index (χ3v) is 4.94. The molecule has 2 N–H and O–H groups in total. The van der Waals surface area contributed by atoms with Crippen molar-refractivity contribution in [3.8, 4) is 11.3 Å². The molecular formula is C18H17N3O4S. The molecule has 1 heterocycles. The summed E-state index contributed by atoms with van der Waals surface area (Å²) >= 11 is 0. The van der Waals surface area contributed by atoms with Crippen LogP contribution in [0.3, 0.4) is 0 Å². The highest BCUT2D eigenvalue weighted by Crippen LogP contribution is 2.23. The molecule has 0 unspecified atom stereocenters. The maximum absolute atomic E-state index is 12.4. The third-order valence-electron chi connectivity index (χ3n) is 3.54. The van der Waals surface area contributed by atoms with Gasteiger partial charge in [0.15, 0.2) is 5.69 Å². The zero-order valence-corrected chi connectivity index (χ0v) is 14.8. The molecule has 26 heavy (non-hydrogen) atoms. The Balaban J connectivity index is 1.84. The molecule has 134 valence electrons. The van der Waals surface area contributed by atoms with Gasteiger partial charge in [0.2, 0.25) is 0 Å². The highest BCUT2D eigenvalue weighted by Gasteiger charge is 2.15. The first-order chi connectivity index (χ1) is 12.5. The average Bonchev–Trinajstić information content (AvgIpc) is 3.13. The molecule has 0 aliphatic carbocycles. The van der Waals surface area contributed by atoms with Crippen molar-refractivity contribution < 1.29 is 17.9 Å². The van der Waals surface area contributed by atoms with E-state index in [-0.39, 0.29) is 17.2 Å². The average molecular weight is 371 g/mol. The van der Waals surface area contributed by atoms with Gasteiger partial charge < -0.3 is 4.74 Å². The lowest BCUT2D eigenvalue weighted by atomic mass is 10.1. The number of benzene rings is 2. The van der Waals surface area contributed by atoms with Crippen molar-refractivity contribution in [3.63, 3.8) is 0 Å². The number of nitrogens with zero attached hydrogens (tertiary/aromatic N) is 1. The SMILES string of the molecule is CCOC(=O)c1cc(-c2cccc(NS(=O)(=O)c3ccccc3)c2)[nH]n1. The van der Waals surface area contributed by atoms with E-state index in [2.05, 4.69) is 14.9 Å². The normalized spacial score (nSPS) is 11.1. The number of carbonyl (C=O) groups is 1. The van der Waals surface area contributed by atoms with Crippen LogP contribution in [0.15, 0.2) is 65.6 Å². The summed E-state index contributed by atoms with van der Waals surface area (Å²) in [6.07, 6.45) is 0. The quantitative estimate of drug-likeness (QED) is 0.649. The van der Waals surface area contributed by atoms with Gasteiger partial charge in [-0.3, -0.25) is 9.82 Å². The molecular weight excluding hydrogens is 354 g/mol. The molecule has 3 aromatic rings. The largest absolute Gasteiger partial charge is 0.461 e. The second-order valence-corrected chi connectivity index (χ2v) is 7.07.